The van der Waals surface area contributed by atoms with Gasteiger partial charge in [0, 0.05) is 36.7 Å². The van der Waals surface area contributed by atoms with Crippen molar-refractivity contribution in [3.05, 3.63) is 65.3 Å². The molecule has 4 rings (SSSR count). The highest BCUT2D eigenvalue weighted by Crippen LogP contribution is 2.30. The quantitative estimate of drug-likeness (QED) is 0.494. The number of amides is 1. The monoisotopic (exact) mass is 498 g/mol. The Bertz CT molecular complexity index is 1280. The summed E-state index contributed by atoms with van der Waals surface area (Å²) in [5.41, 5.74) is 1.79. The Morgan fingerprint density at radius 3 is 2.46 bits per heavy atom. The number of carbonyl (C=O) groups excluding carboxylic acids is 1. The van der Waals surface area contributed by atoms with Crippen LogP contribution in [0.4, 0.5) is 5.69 Å². The molecule has 0 spiro atoms. The lowest BCUT2D eigenvalue weighted by atomic mass is 10.1. The molecule has 0 aliphatic carbocycles. The maximum atomic E-state index is 13.2. The van der Waals surface area contributed by atoms with Gasteiger partial charge in [-0.2, -0.15) is 9.29 Å². The van der Waals surface area contributed by atoms with Crippen LogP contribution in [0.15, 0.2) is 51.9 Å². The topological polar surface area (TPSA) is 115 Å². The van der Waals surface area contributed by atoms with Crippen LogP contribution in [0, 0.1) is 0 Å². The molecule has 1 fully saturated rings. The van der Waals surface area contributed by atoms with Crippen LogP contribution in [0.5, 0.6) is 5.75 Å². The highest BCUT2D eigenvalue weighted by atomic mass is 32.2. The van der Waals surface area contributed by atoms with Crippen molar-refractivity contribution in [1.29, 1.82) is 0 Å². The second kappa shape index (κ2) is 10.6. The fourth-order valence-electron chi connectivity index (χ4n) is 3.93. The molecule has 35 heavy (non-hydrogen) atoms. The van der Waals surface area contributed by atoms with Crippen molar-refractivity contribution in [2.45, 2.75) is 50.3 Å². The van der Waals surface area contributed by atoms with Crippen molar-refractivity contribution in [3.8, 4) is 5.75 Å². The van der Waals surface area contributed by atoms with Crippen molar-refractivity contribution in [3.63, 3.8) is 0 Å². The molecule has 1 amide bonds. The Balaban J connectivity index is 1.48. The van der Waals surface area contributed by atoms with Gasteiger partial charge in [0.25, 0.3) is 5.91 Å². The van der Waals surface area contributed by atoms with Gasteiger partial charge in [-0.1, -0.05) is 37.6 Å². The number of carbonyl (C=O) groups is 1. The summed E-state index contributed by atoms with van der Waals surface area (Å²) in [6.45, 7) is 4.92. The number of ether oxygens (including phenoxy) is 1. The molecule has 0 atom stereocenters. The minimum absolute atomic E-state index is 0.00535. The molecule has 0 radical (unpaired) electrons. The van der Waals surface area contributed by atoms with E-state index in [1.165, 1.54) is 23.5 Å². The summed E-state index contributed by atoms with van der Waals surface area (Å²) >= 11 is 0. The molecule has 0 unspecified atom stereocenters. The van der Waals surface area contributed by atoms with E-state index in [1.54, 1.807) is 18.2 Å². The first-order valence-corrected chi connectivity index (χ1v) is 13.1. The number of nitrogens with zero attached hydrogens (tertiary/aromatic N) is 3. The van der Waals surface area contributed by atoms with Gasteiger partial charge in [0.15, 0.2) is 5.82 Å². The lowest BCUT2D eigenvalue weighted by Crippen LogP contribution is -2.35. The van der Waals surface area contributed by atoms with Gasteiger partial charge in [-0.25, -0.2) is 8.42 Å². The number of anilines is 1. The Morgan fingerprint density at radius 2 is 1.83 bits per heavy atom. The molecular formula is C25H30N4O5S. The average molecular weight is 499 g/mol. The van der Waals surface area contributed by atoms with Gasteiger partial charge in [-0.3, -0.25) is 4.79 Å². The van der Waals surface area contributed by atoms with Crippen LogP contribution in [0.25, 0.3) is 0 Å². The van der Waals surface area contributed by atoms with E-state index in [4.69, 9.17) is 9.26 Å². The molecular weight excluding hydrogens is 468 g/mol. The van der Waals surface area contributed by atoms with Crippen molar-refractivity contribution >= 4 is 21.6 Å². The Hall–Kier alpha value is -3.24. The zero-order valence-electron chi connectivity index (χ0n) is 20.2. The van der Waals surface area contributed by atoms with Crippen LogP contribution in [0.2, 0.25) is 0 Å². The highest BCUT2D eigenvalue weighted by Gasteiger charge is 2.29. The molecule has 2 heterocycles. The SMILES string of the molecule is COc1ccc(C(=O)Nc2ccc(Cc3noc(C(C)C)n3)cc2)cc1S(=O)(=O)N1CCCCC1. The number of aromatic nitrogens is 2. The van der Waals surface area contributed by atoms with E-state index in [9.17, 15) is 13.2 Å². The maximum Gasteiger partial charge on any atom is 0.255 e. The van der Waals surface area contributed by atoms with Crippen LogP contribution < -0.4 is 10.1 Å². The van der Waals surface area contributed by atoms with Gasteiger partial charge in [0.05, 0.1) is 7.11 Å². The van der Waals surface area contributed by atoms with E-state index in [0.29, 0.717) is 36.9 Å². The number of sulfonamides is 1. The lowest BCUT2D eigenvalue weighted by molar-refractivity contribution is 0.102. The second-order valence-corrected chi connectivity index (χ2v) is 10.8. The summed E-state index contributed by atoms with van der Waals surface area (Å²) in [4.78, 5) is 17.3. The van der Waals surface area contributed by atoms with E-state index in [-0.39, 0.29) is 22.1 Å². The predicted octanol–water partition coefficient (Wildman–Crippen LogP) is 4.22. The fourth-order valence-corrected chi connectivity index (χ4v) is 5.63. The van der Waals surface area contributed by atoms with Gasteiger partial charge < -0.3 is 14.6 Å². The predicted molar refractivity (Wildman–Crippen MR) is 131 cm³/mol. The van der Waals surface area contributed by atoms with Crippen LogP contribution in [-0.4, -0.2) is 49.0 Å². The van der Waals surface area contributed by atoms with Crippen molar-refractivity contribution in [2.24, 2.45) is 0 Å². The van der Waals surface area contributed by atoms with Crippen molar-refractivity contribution in [1.82, 2.24) is 14.4 Å². The Kier molecular flexibility index (Phi) is 7.51. The molecule has 0 bridgehead atoms. The zero-order chi connectivity index (χ0) is 25.0. The minimum Gasteiger partial charge on any atom is -0.495 e. The molecule has 0 saturated carbocycles. The molecule has 1 aliphatic rings. The highest BCUT2D eigenvalue weighted by molar-refractivity contribution is 7.89. The van der Waals surface area contributed by atoms with E-state index in [2.05, 4.69) is 15.5 Å². The number of rotatable bonds is 8. The number of hydrogen-bond donors (Lipinski definition) is 1. The fraction of sp³-hybridized carbons (Fsp3) is 0.400. The third kappa shape index (κ3) is 5.71. The zero-order valence-corrected chi connectivity index (χ0v) is 21.0. The van der Waals surface area contributed by atoms with E-state index in [0.717, 1.165) is 24.8 Å². The van der Waals surface area contributed by atoms with E-state index in [1.807, 2.05) is 26.0 Å². The Morgan fingerprint density at radius 1 is 1.11 bits per heavy atom. The summed E-state index contributed by atoms with van der Waals surface area (Å²) in [5, 5.41) is 6.83. The minimum atomic E-state index is -3.76. The molecule has 10 heteroatoms. The molecule has 186 valence electrons. The van der Waals surface area contributed by atoms with Crippen molar-refractivity contribution < 1.29 is 22.5 Å². The third-order valence-electron chi connectivity index (χ3n) is 5.91. The number of hydrogen-bond acceptors (Lipinski definition) is 7. The molecule has 9 nitrogen and oxygen atoms in total. The van der Waals surface area contributed by atoms with Gasteiger partial charge >= 0.3 is 0 Å². The first-order valence-electron chi connectivity index (χ1n) is 11.7. The smallest absolute Gasteiger partial charge is 0.255 e. The average Bonchev–Trinajstić information content (AvgIpc) is 3.34. The molecule has 2 aromatic carbocycles. The molecule has 1 aromatic heterocycles. The summed E-state index contributed by atoms with van der Waals surface area (Å²) in [7, 11) is -2.34. The normalized spacial score (nSPS) is 14.7. The van der Waals surface area contributed by atoms with E-state index < -0.39 is 15.9 Å². The first-order chi connectivity index (χ1) is 16.8. The summed E-state index contributed by atoms with van der Waals surface area (Å²) < 4.78 is 38.4. The first kappa shape index (κ1) is 24.9. The van der Waals surface area contributed by atoms with E-state index >= 15 is 0 Å². The number of benzene rings is 2. The molecule has 1 aliphatic heterocycles. The Labute approximate surface area is 205 Å². The maximum absolute atomic E-state index is 13.2. The lowest BCUT2D eigenvalue weighted by Gasteiger charge is -2.26. The van der Waals surface area contributed by atoms with Gasteiger partial charge in [0.2, 0.25) is 15.9 Å². The molecule has 1 saturated heterocycles. The van der Waals surface area contributed by atoms with Gasteiger partial charge in [0.1, 0.15) is 10.6 Å². The number of methoxy groups -OCH3 is 1. The number of piperidine rings is 1. The summed E-state index contributed by atoms with van der Waals surface area (Å²) in [6.07, 6.45) is 3.17. The summed E-state index contributed by atoms with van der Waals surface area (Å²) in [6, 6.07) is 11.8. The van der Waals surface area contributed by atoms with Crippen LogP contribution in [-0.2, 0) is 16.4 Å². The van der Waals surface area contributed by atoms with Crippen LogP contribution in [0.3, 0.4) is 0 Å². The van der Waals surface area contributed by atoms with Gasteiger partial charge in [-0.15, -0.1) is 0 Å². The van der Waals surface area contributed by atoms with Crippen molar-refractivity contribution in [2.75, 3.05) is 25.5 Å². The second-order valence-electron chi connectivity index (χ2n) is 8.86. The largest absolute Gasteiger partial charge is 0.495 e. The number of nitrogens with one attached hydrogen (secondary N) is 1. The van der Waals surface area contributed by atoms with Crippen LogP contribution in [0.1, 0.15) is 66.7 Å². The third-order valence-corrected chi connectivity index (χ3v) is 7.83. The van der Waals surface area contributed by atoms with Crippen LogP contribution >= 0.6 is 0 Å². The summed E-state index contributed by atoms with van der Waals surface area (Å²) in [5.74, 6) is 1.19. The standard InChI is InChI=1S/C25H30N4O5S/c1-17(2)25-27-23(28-34-25)15-18-7-10-20(11-8-18)26-24(30)19-9-12-21(33-3)22(16-19)35(31,32)29-13-5-4-6-14-29/h7-12,16-17H,4-6,13-15H2,1-3H3,(H,26,30). The molecule has 1 N–H and O–H groups in total. The van der Waals surface area contributed by atoms with Gasteiger partial charge in [-0.05, 0) is 48.7 Å². The molecule has 3 aromatic rings.